The first-order valence-corrected chi connectivity index (χ1v) is 3.56. The molecule has 1 fully saturated rings. The van der Waals surface area contributed by atoms with Crippen LogP contribution in [0.1, 0.15) is 13.3 Å². The van der Waals surface area contributed by atoms with Gasteiger partial charge in [0.1, 0.15) is 11.7 Å². The van der Waals surface area contributed by atoms with E-state index < -0.39 is 17.7 Å². The minimum absolute atomic E-state index is 0. The van der Waals surface area contributed by atoms with Gasteiger partial charge < -0.3 is 4.74 Å². The standard InChI is InChI=1S/C7H12FNO2.ClH/c1-7(6(10)11-2)3-5(8)4-9-7;/h5,9H,3-4H2,1-2H3;1H/t5-,7?;/m0./s1. The van der Waals surface area contributed by atoms with Crippen molar-refractivity contribution in [3.8, 4) is 0 Å². The molecule has 72 valence electrons. The van der Waals surface area contributed by atoms with Crippen molar-refractivity contribution in [3.63, 3.8) is 0 Å². The summed E-state index contributed by atoms with van der Waals surface area (Å²) in [5, 5.41) is 2.78. The summed E-state index contributed by atoms with van der Waals surface area (Å²) in [5.41, 5.74) is -0.811. The van der Waals surface area contributed by atoms with Crippen LogP contribution in [0.25, 0.3) is 0 Å². The van der Waals surface area contributed by atoms with Crippen molar-refractivity contribution in [2.45, 2.75) is 25.1 Å². The number of halogens is 2. The molecule has 5 heteroatoms. The van der Waals surface area contributed by atoms with E-state index in [0.29, 0.717) is 0 Å². The Labute approximate surface area is 77.1 Å². The summed E-state index contributed by atoms with van der Waals surface area (Å²) in [5.74, 6) is -0.391. The van der Waals surface area contributed by atoms with Crippen molar-refractivity contribution >= 4 is 18.4 Å². The molecule has 1 aliphatic rings. The van der Waals surface area contributed by atoms with Crippen molar-refractivity contribution in [2.75, 3.05) is 13.7 Å². The quantitative estimate of drug-likeness (QED) is 0.628. The van der Waals surface area contributed by atoms with Crippen LogP contribution in [0, 0.1) is 0 Å². The summed E-state index contributed by atoms with van der Waals surface area (Å²) in [6, 6.07) is 0. The first-order valence-electron chi connectivity index (χ1n) is 3.56. The largest absolute Gasteiger partial charge is 0.468 e. The van der Waals surface area contributed by atoms with Crippen LogP contribution in [0.5, 0.6) is 0 Å². The van der Waals surface area contributed by atoms with Gasteiger partial charge >= 0.3 is 5.97 Å². The van der Waals surface area contributed by atoms with Gasteiger partial charge in [0.05, 0.1) is 7.11 Å². The molecule has 0 radical (unpaired) electrons. The molecule has 0 aromatic carbocycles. The molecule has 0 aliphatic carbocycles. The second-order valence-corrected chi connectivity index (χ2v) is 3.01. The van der Waals surface area contributed by atoms with Crippen LogP contribution >= 0.6 is 12.4 Å². The van der Waals surface area contributed by atoms with Crippen molar-refractivity contribution in [2.24, 2.45) is 0 Å². The summed E-state index contributed by atoms with van der Waals surface area (Å²) in [7, 11) is 1.31. The Hall–Kier alpha value is -0.350. The average Bonchev–Trinajstić information content (AvgIpc) is 2.31. The van der Waals surface area contributed by atoms with Gasteiger partial charge in [0.2, 0.25) is 0 Å². The number of hydrogen-bond acceptors (Lipinski definition) is 3. The number of ether oxygens (including phenoxy) is 1. The highest BCUT2D eigenvalue weighted by atomic mass is 35.5. The topological polar surface area (TPSA) is 38.3 Å². The minimum atomic E-state index is -0.931. The fraction of sp³-hybridized carbons (Fsp3) is 0.857. The number of esters is 1. The van der Waals surface area contributed by atoms with Gasteiger partial charge in [-0.05, 0) is 6.92 Å². The number of alkyl halides is 1. The van der Waals surface area contributed by atoms with Gasteiger partial charge in [0.15, 0.2) is 0 Å². The third-order valence-corrected chi connectivity index (χ3v) is 1.98. The van der Waals surface area contributed by atoms with Crippen molar-refractivity contribution in [1.29, 1.82) is 0 Å². The summed E-state index contributed by atoms with van der Waals surface area (Å²) in [6.45, 7) is 1.89. The van der Waals surface area contributed by atoms with E-state index in [2.05, 4.69) is 10.1 Å². The number of methoxy groups -OCH3 is 1. The summed E-state index contributed by atoms with van der Waals surface area (Å²) in [4.78, 5) is 11.0. The molecule has 1 heterocycles. The SMILES string of the molecule is COC(=O)C1(C)C[C@H](F)CN1.Cl. The number of rotatable bonds is 1. The normalized spacial score (nSPS) is 34.1. The van der Waals surface area contributed by atoms with E-state index in [1.54, 1.807) is 6.92 Å². The summed E-state index contributed by atoms with van der Waals surface area (Å²) in [6.07, 6.45) is -0.723. The Morgan fingerprint density at radius 2 is 2.33 bits per heavy atom. The van der Waals surface area contributed by atoms with Gasteiger partial charge in [-0.15, -0.1) is 12.4 Å². The van der Waals surface area contributed by atoms with Crippen LogP contribution in [0.3, 0.4) is 0 Å². The molecule has 3 nitrogen and oxygen atoms in total. The molecule has 0 aromatic heterocycles. The molecule has 1 unspecified atom stereocenters. The summed E-state index contributed by atoms with van der Waals surface area (Å²) >= 11 is 0. The second-order valence-electron chi connectivity index (χ2n) is 3.01. The van der Waals surface area contributed by atoms with E-state index in [0.717, 1.165) is 0 Å². The van der Waals surface area contributed by atoms with Crippen LogP contribution in [0.15, 0.2) is 0 Å². The molecule has 1 N–H and O–H groups in total. The first-order chi connectivity index (χ1) is 5.08. The number of nitrogens with one attached hydrogen (secondary N) is 1. The molecule has 12 heavy (non-hydrogen) atoms. The van der Waals surface area contributed by atoms with E-state index in [4.69, 9.17) is 0 Å². The zero-order valence-electron chi connectivity index (χ0n) is 7.09. The molecule has 1 rings (SSSR count). The number of carbonyl (C=O) groups is 1. The monoisotopic (exact) mass is 197 g/mol. The Balaban J connectivity index is 0.00000121. The molecule has 0 aromatic rings. The predicted molar refractivity (Wildman–Crippen MR) is 45.2 cm³/mol. The molecule has 1 saturated heterocycles. The van der Waals surface area contributed by atoms with Crippen LogP contribution in [0.2, 0.25) is 0 Å². The minimum Gasteiger partial charge on any atom is -0.468 e. The van der Waals surface area contributed by atoms with E-state index in [1.807, 2.05) is 0 Å². The van der Waals surface area contributed by atoms with E-state index in [-0.39, 0.29) is 25.4 Å². The van der Waals surface area contributed by atoms with Gasteiger partial charge in [-0.25, -0.2) is 4.39 Å². The second kappa shape index (κ2) is 4.05. The summed E-state index contributed by atoms with van der Waals surface area (Å²) < 4.78 is 17.2. The lowest BCUT2D eigenvalue weighted by molar-refractivity contribution is -0.147. The molecule has 0 saturated carbocycles. The molecular weight excluding hydrogens is 185 g/mol. The van der Waals surface area contributed by atoms with Gasteiger partial charge in [-0.3, -0.25) is 10.1 Å². The zero-order valence-corrected chi connectivity index (χ0v) is 7.91. The molecule has 0 spiro atoms. The highest BCUT2D eigenvalue weighted by molar-refractivity contribution is 5.85. The maximum Gasteiger partial charge on any atom is 0.325 e. The Morgan fingerprint density at radius 1 is 1.75 bits per heavy atom. The van der Waals surface area contributed by atoms with Crippen molar-refractivity contribution in [3.05, 3.63) is 0 Å². The van der Waals surface area contributed by atoms with Crippen molar-refractivity contribution in [1.82, 2.24) is 5.32 Å². The molecule has 2 atom stereocenters. The highest BCUT2D eigenvalue weighted by Crippen LogP contribution is 2.22. The number of carbonyl (C=O) groups excluding carboxylic acids is 1. The van der Waals surface area contributed by atoms with Gasteiger partial charge in [0, 0.05) is 13.0 Å². The van der Waals surface area contributed by atoms with E-state index in [1.165, 1.54) is 7.11 Å². The third kappa shape index (κ3) is 2.08. The van der Waals surface area contributed by atoms with Crippen LogP contribution in [0.4, 0.5) is 4.39 Å². The lowest BCUT2D eigenvalue weighted by Gasteiger charge is -2.19. The molecular formula is C7H13ClFNO2. The van der Waals surface area contributed by atoms with Gasteiger partial charge in [-0.1, -0.05) is 0 Å². The molecule has 0 amide bonds. The Morgan fingerprint density at radius 3 is 2.67 bits per heavy atom. The predicted octanol–water partition coefficient (Wildman–Crippen LogP) is 0.671. The van der Waals surface area contributed by atoms with Crippen LogP contribution in [-0.2, 0) is 9.53 Å². The highest BCUT2D eigenvalue weighted by Gasteiger charge is 2.41. The van der Waals surface area contributed by atoms with Gasteiger partial charge in [-0.2, -0.15) is 0 Å². The lowest BCUT2D eigenvalue weighted by atomic mass is 10.0. The third-order valence-electron chi connectivity index (χ3n) is 1.98. The maximum absolute atomic E-state index is 12.6. The zero-order chi connectivity index (χ0) is 8.48. The number of hydrogen-bond donors (Lipinski definition) is 1. The first kappa shape index (κ1) is 11.6. The van der Waals surface area contributed by atoms with Crippen LogP contribution < -0.4 is 5.32 Å². The average molecular weight is 198 g/mol. The van der Waals surface area contributed by atoms with Crippen LogP contribution in [-0.4, -0.2) is 31.3 Å². The van der Waals surface area contributed by atoms with E-state index in [9.17, 15) is 9.18 Å². The fourth-order valence-corrected chi connectivity index (χ4v) is 1.30. The fourth-order valence-electron chi connectivity index (χ4n) is 1.30. The van der Waals surface area contributed by atoms with Crippen molar-refractivity contribution < 1.29 is 13.9 Å². The maximum atomic E-state index is 12.6. The molecule has 0 bridgehead atoms. The lowest BCUT2D eigenvalue weighted by Crippen LogP contribution is -2.45. The Bertz CT molecular complexity index is 179. The smallest absolute Gasteiger partial charge is 0.325 e. The Kier molecular flexibility index (Phi) is 3.93. The van der Waals surface area contributed by atoms with Gasteiger partial charge in [0.25, 0.3) is 0 Å². The molecule has 1 aliphatic heterocycles. The van der Waals surface area contributed by atoms with E-state index >= 15 is 0 Å².